The maximum Gasteiger partial charge on any atom is 0.335 e. The summed E-state index contributed by atoms with van der Waals surface area (Å²) in [6, 6.07) is 12.0. The van der Waals surface area contributed by atoms with Crippen molar-refractivity contribution in [2.75, 3.05) is 5.32 Å². The average molecular weight is 288 g/mol. The van der Waals surface area contributed by atoms with Crippen LogP contribution in [0, 0.1) is 11.3 Å². The third-order valence-corrected chi connectivity index (χ3v) is 2.74. The van der Waals surface area contributed by atoms with E-state index in [4.69, 9.17) is 22.0 Å². The van der Waals surface area contributed by atoms with E-state index >= 15 is 0 Å². The molecule has 0 bridgehead atoms. The van der Waals surface area contributed by atoms with Gasteiger partial charge in [0.1, 0.15) is 11.0 Å². The highest BCUT2D eigenvalue weighted by Gasteiger charge is 2.07. The number of rotatable bonds is 4. The van der Waals surface area contributed by atoms with Gasteiger partial charge in [0.05, 0.1) is 18.1 Å². The average Bonchev–Trinajstić information content (AvgIpc) is 2.40. The lowest BCUT2D eigenvalue weighted by atomic mass is 10.1. The fourth-order valence-electron chi connectivity index (χ4n) is 1.63. The first-order chi connectivity index (χ1) is 9.58. The molecule has 2 N–H and O–H groups in total. The molecule has 2 aromatic rings. The highest BCUT2D eigenvalue weighted by atomic mass is 35.5. The normalized spacial score (nSPS) is 9.80. The summed E-state index contributed by atoms with van der Waals surface area (Å²) < 4.78 is 0. The fourth-order valence-corrected chi connectivity index (χ4v) is 1.84. The van der Waals surface area contributed by atoms with Gasteiger partial charge in [-0.1, -0.05) is 23.7 Å². The number of anilines is 2. The molecule has 0 aliphatic rings. The molecule has 1 aromatic heterocycles. The van der Waals surface area contributed by atoms with Gasteiger partial charge in [-0.25, -0.2) is 9.78 Å². The van der Waals surface area contributed by atoms with E-state index < -0.39 is 5.97 Å². The van der Waals surface area contributed by atoms with Gasteiger partial charge in [-0.2, -0.15) is 5.26 Å². The number of nitrogens with zero attached hydrogens (tertiary/aromatic N) is 2. The zero-order chi connectivity index (χ0) is 14.5. The molecule has 0 saturated carbocycles. The highest BCUT2D eigenvalue weighted by molar-refractivity contribution is 6.29. The van der Waals surface area contributed by atoms with Crippen molar-refractivity contribution in [3.8, 4) is 6.07 Å². The predicted molar refractivity (Wildman–Crippen MR) is 75.2 cm³/mol. The molecule has 2 rings (SSSR count). The molecular weight excluding hydrogens is 278 g/mol. The molecule has 100 valence electrons. The number of hydrogen-bond donors (Lipinski definition) is 2. The molecule has 5 nitrogen and oxygen atoms in total. The topological polar surface area (TPSA) is 86.0 Å². The van der Waals surface area contributed by atoms with Gasteiger partial charge in [0, 0.05) is 5.69 Å². The first-order valence-corrected chi connectivity index (χ1v) is 6.10. The number of carboxylic acids is 1. The van der Waals surface area contributed by atoms with Crippen molar-refractivity contribution in [1.29, 1.82) is 5.26 Å². The van der Waals surface area contributed by atoms with E-state index in [1.807, 2.05) is 12.1 Å². The lowest BCUT2D eigenvalue weighted by Gasteiger charge is -2.07. The van der Waals surface area contributed by atoms with Crippen LogP contribution in [0.2, 0.25) is 5.15 Å². The van der Waals surface area contributed by atoms with Gasteiger partial charge in [0.25, 0.3) is 0 Å². The summed E-state index contributed by atoms with van der Waals surface area (Å²) in [7, 11) is 0. The summed E-state index contributed by atoms with van der Waals surface area (Å²) in [4.78, 5) is 14.9. The molecule has 0 atom stereocenters. The molecule has 0 fully saturated rings. The summed E-state index contributed by atoms with van der Waals surface area (Å²) in [5, 5.41) is 20.6. The van der Waals surface area contributed by atoms with Crippen LogP contribution < -0.4 is 5.32 Å². The molecule has 6 heteroatoms. The SMILES string of the molecule is N#CCc1ccc(Nc2cc(C(=O)O)cc(Cl)n2)cc1. The molecule has 20 heavy (non-hydrogen) atoms. The molecule has 1 aromatic carbocycles. The minimum atomic E-state index is -1.07. The third-order valence-electron chi connectivity index (χ3n) is 2.55. The Morgan fingerprint density at radius 3 is 2.65 bits per heavy atom. The number of halogens is 1. The Balaban J connectivity index is 2.21. The second-order valence-corrected chi connectivity index (χ2v) is 4.41. The van der Waals surface area contributed by atoms with Crippen LogP contribution in [0.15, 0.2) is 36.4 Å². The molecular formula is C14H10ClN3O2. The number of nitriles is 1. The Morgan fingerprint density at radius 2 is 2.05 bits per heavy atom. The van der Waals surface area contributed by atoms with Gasteiger partial charge < -0.3 is 10.4 Å². The number of benzene rings is 1. The molecule has 0 saturated heterocycles. The van der Waals surface area contributed by atoms with E-state index in [0.717, 1.165) is 11.3 Å². The smallest absolute Gasteiger partial charge is 0.335 e. The summed E-state index contributed by atoms with van der Waals surface area (Å²) in [6.07, 6.45) is 0.346. The minimum absolute atomic E-state index is 0.0635. The van der Waals surface area contributed by atoms with Crippen molar-refractivity contribution in [3.63, 3.8) is 0 Å². The number of aromatic nitrogens is 1. The highest BCUT2D eigenvalue weighted by Crippen LogP contribution is 2.19. The first-order valence-electron chi connectivity index (χ1n) is 5.72. The van der Waals surface area contributed by atoms with E-state index in [1.165, 1.54) is 12.1 Å². The first kappa shape index (κ1) is 13.8. The van der Waals surface area contributed by atoms with Gasteiger partial charge in [-0.3, -0.25) is 0 Å². The maximum atomic E-state index is 10.9. The number of carboxylic acid groups (broad SMARTS) is 1. The molecule has 0 spiro atoms. The van der Waals surface area contributed by atoms with Crippen LogP contribution in [0.25, 0.3) is 0 Å². The third kappa shape index (κ3) is 3.46. The van der Waals surface area contributed by atoms with Crippen molar-refractivity contribution in [3.05, 3.63) is 52.7 Å². The van der Waals surface area contributed by atoms with Crippen LogP contribution in [0.1, 0.15) is 15.9 Å². The van der Waals surface area contributed by atoms with Crippen molar-refractivity contribution >= 4 is 29.1 Å². The quantitative estimate of drug-likeness (QED) is 0.843. The zero-order valence-corrected chi connectivity index (χ0v) is 11.1. The summed E-state index contributed by atoms with van der Waals surface area (Å²) in [5.41, 5.74) is 1.70. The Labute approximate surface area is 120 Å². The van der Waals surface area contributed by atoms with E-state index in [-0.39, 0.29) is 10.7 Å². The molecule has 0 aliphatic carbocycles. The number of carbonyl (C=O) groups is 1. The minimum Gasteiger partial charge on any atom is -0.478 e. The van der Waals surface area contributed by atoms with Crippen LogP contribution in [-0.2, 0) is 6.42 Å². The van der Waals surface area contributed by atoms with Crippen LogP contribution in [0.3, 0.4) is 0 Å². The summed E-state index contributed by atoms with van der Waals surface area (Å²) in [6.45, 7) is 0. The van der Waals surface area contributed by atoms with E-state index in [2.05, 4.69) is 16.4 Å². The van der Waals surface area contributed by atoms with Gasteiger partial charge in [0.2, 0.25) is 0 Å². The monoisotopic (exact) mass is 287 g/mol. The van der Waals surface area contributed by atoms with Crippen molar-refractivity contribution in [2.24, 2.45) is 0 Å². The standard InChI is InChI=1S/C14H10ClN3O2/c15-12-7-10(14(19)20)8-13(18-12)17-11-3-1-9(2-4-11)5-6-16/h1-4,7-8H,5H2,(H,17,18)(H,19,20). The predicted octanol–water partition coefficient (Wildman–Crippen LogP) is 3.24. The molecule has 0 radical (unpaired) electrons. The van der Waals surface area contributed by atoms with Gasteiger partial charge in [-0.15, -0.1) is 0 Å². The van der Waals surface area contributed by atoms with Gasteiger partial charge in [-0.05, 0) is 29.8 Å². The van der Waals surface area contributed by atoms with Crippen molar-refractivity contribution in [2.45, 2.75) is 6.42 Å². The lowest BCUT2D eigenvalue weighted by Crippen LogP contribution is -2.00. The number of aromatic carboxylic acids is 1. The maximum absolute atomic E-state index is 10.9. The lowest BCUT2D eigenvalue weighted by molar-refractivity contribution is 0.0697. The Morgan fingerprint density at radius 1 is 1.35 bits per heavy atom. The molecule has 1 heterocycles. The summed E-state index contributed by atoms with van der Waals surface area (Å²) >= 11 is 5.78. The van der Waals surface area contributed by atoms with Crippen LogP contribution in [-0.4, -0.2) is 16.1 Å². The molecule has 0 unspecified atom stereocenters. The largest absolute Gasteiger partial charge is 0.478 e. The van der Waals surface area contributed by atoms with Crippen molar-refractivity contribution < 1.29 is 9.90 Å². The second kappa shape index (κ2) is 6.04. The van der Waals surface area contributed by atoms with Crippen LogP contribution in [0.4, 0.5) is 11.5 Å². The van der Waals surface area contributed by atoms with Crippen molar-refractivity contribution in [1.82, 2.24) is 4.98 Å². The Kier molecular flexibility index (Phi) is 4.18. The second-order valence-electron chi connectivity index (χ2n) is 4.03. The van der Waals surface area contributed by atoms with Gasteiger partial charge >= 0.3 is 5.97 Å². The van der Waals surface area contributed by atoms with Crippen LogP contribution >= 0.6 is 11.6 Å². The van der Waals surface area contributed by atoms with E-state index in [1.54, 1.807) is 12.1 Å². The summed E-state index contributed by atoms with van der Waals surface area (Å²) in [5.74, 6) is -0.718. The van der Waals surface area contributed by atoms with E-state index in [9.17, 15) is 4.79 Å². The fraction of sp³-hybridized carbons (Fsp3) is 0.0714. The van der Waals surface area contributed by atoms with E-state index in [0.29, 0.717) is 12.2 Å². The number of nitrogens with one attached hydrogen (secondary N) is 1. The zero-order valence-electron chi connectivity index (χ0n) is 10.3. The Hall–Kier alpha value is -2.58. The number of pyridine rings is 1. The molecule has 0 amide bonds. The Bertz CT molecular complexity index is 678. The van der Waals surface area contributed by atoms with Crippen LogP contribution in [0.5, 0.6) is 0 Å². The molecule has 0 aliphatic heterocycles. The number of hydrogen-bond acceptors (Lipinski definition) is 4. The van der Waals surface area contributed by atoms with Gasteiger partial charge in [0.15, 0.2) is 0 Å².